The first-order chi connectivity index (χ1) is 10.8. The van der Waals surface area contributed by atoms with Crippen LogP contribution in [0.25, 0.3) is 17.1 Å². The SMILES string of the molecule is COc1ccccc1C=CC(=O)Nc1cccc2n[nH]nc12. The molecule has 22 heavy (non-hydrogen) atoms. The van der Waals surface area contributed by atoms with Gasteiger partial charge in [0.25, 0.3) is 0 Å². The van der Waals surface area contributed by atoms with Crippen LogP contribution in [0.1, 0.15) is 5.56 Å². The van der Waals surface area contributed by atoms with Crippen LogP contribution in [-0.4, -0.2) is 28.4 Å². The van der Waals surface area contributed by atoms with Crippen LogP contribution in [0.4, 0.5) is 5.69 Å². The second-order valence-corrected chi connectivity index (χ2v) is 4.56. The molecule has 1 heterocycles. The Morgan fingerprint density at radius 2 is 2.05 bits per heavy atom. The molecule has 0 saturated heterocycles. The van der Waals surface area contributed by atoms with Crippen molar-refractivity contribution in [2.75, 3.05) is 12.4 Å². The van der Waals surface area contributed by atoms with Crippen molar-refractivity contribution < 1.29 is 9.53 Å². The number of carbonyl (C=O) groups excluding carboxylic acids is 1. The van der Waals surface area contributed by atoms with E-state index in [1.165, 1.54) is 6.08 Å². The number of fused-ring (bicyclic) bond motifs is 1. The summed E-state index contributed by atoms with van der Waals surface area (Å²) in [6.07, 6.45) is 3.16. The fourth-order valence-corrected chi connectivity index (χ4v) is 2.11. The van der Waals surface area contributed by atoms with E-state index in [1.54, 1.807) is 19.3 Å². The number of ether oxygens (including phenoxy) is 1. The summed E-state index contributed by atoms with van der Waals surface area (Å²) >= 11 is 0. The Hall–Kier alpha value is -3.15. The molecule has 2 N–H and O–H groups in total. The number of para-hydroxylation sites is 2. The Kier molecular flexibility index (Phi) is 3.82. The van der Waals surface area contributed by atoms with E-state index in [1.807, 2.05) is 36.4 Å². The van der Waals surface area contributed by atoms with Gasteiger partial charge in [0.1, 0.15) is 16.8 Å². The Labute approximate surface area is 126 Å². The van der Waals surface area contributed by atoms with Crippen molar-refractivity contribution in [2.45, 2.75) is 0 Å². The minimum absolute atomic E-state index is 0.249. The lowest BCUT2D eigenvalue weighted by atomic mass is 10.2. The zero-order valence-corrected chi connectivity index (χ0v) is 11.9. The molecule has 0 radical (unpaired) electrons. The van der Waals surface area contributed by atoms with E-state index in [2.05, 4.69) is 20.7 Å². The zero-order chi connectivity index (χ0) is 15.4. The predicted octanol–water partition coefficient (Wildman–Crippen LogP) is 2.62. The van der Waals surface area contributed by atoms with E-state index in [0.29, 0.717) is 22.5 Å². The van der Waals surface area contributed by atoms with Crippen molar-refractivity contribution in [3.8, 4) is 5.75 Å². The summed E-state index contributed by atoms with van der Waals surface area (Å²) in [6.45, 7) is 0. The normalized spacial score (nSPS) is 11.0. The molecule has 0 aliphatic rings. The van der Waals surface area contributed by atoms with Crippen molar-refractivity contribution in [3.05, 3.63) is 54.1 Å². The van der Waals surface area contributed by atoms with Crippen LogP contribution >= 0.6 is 0 Å². The molecular formula is C16H14N4O2. The summed E-state index contributed by atoms with van der Waals surface area (Å²) in [5.41, 5.74) is 2.77. The van der Waals surface area contributed by atoms with Crippen LogP contribution < -0.4 is 10.1 Å². The third-order valence-electron chi connectivity index (χ3n) is 3.16. The van der Waals surface area contributed by atoms with Crippen molar-refractivity contribution >= 4 is 28.7 Å². The number of nitrogens with zero attached hydrogens (tertiary/aromatic N) is 2. The molecule has 0 fully saturated rings. The summed E-state index contributed by atoms with van der Waals surface area (Å²) in [6, 6.07) is 12.9. The van der Waals surface area contributed by atoms with Gasteiger partial charge in [0.15, 0.2) is 0 Å². The van der Waals surface area contributed by atoms with Gasteiger partial charge >= 0.3 is 0 Å². The maximum absolute atomic E-state index is 12.1. The van der Waals surface area contributed by atoms with Crippen LogP contribution in [0.2, 0.25) is 0 Å². The lowest BCUT2D eigenvalue weighted by molar-refractivity contribution is -0.111. The standard InChI is InChI=1S/C16H14N4O2/c1-22-14-8-3-2-5-11(14)9-10-15(21)17-12-6-4-7-13-16(12)19-20-18-13/h2-10H,1H3,(H,17,21)(H,18,19,20). The van der Waals surface area contributed by atoms with E-state index < -0.39 is 0 Å². The summed E-state index contributed by atoms with van der Waals surface area (Å²) in [5.74, 6) is 0.464. The van der Waals surface area contributed by atoms with Gasteiger partial charge in [-0.2, -0.15) is 15.4 Å². The van der Waals surface area contributed by atoms with E-state index in [9.17, 15) is 4.79 Å². The van der Waals surface area contributed by atoms with Gasteiger partial charge in [-0.05, 0) is 24.3 Å². The molecule has 6 nitrogen and oxygen atoms in total. The highest BCUT2D eigenvalue weighted by atomic mass is 16.5. The lowest BCUT2D eigenvalue weighted by Crippen LogP contribution is -2.08. The number of anilines is 1. The minimum atomic E-state index is -0.249. The van der Waals surface area contributed by atoms with Gasteiger partial charge < -0.3 is 10.1 Å². The Balaban J connectivity index is 1.78. The van der Waals surface area contributed by atoms with Gasteiger partial charge in [-0.1, -0.05) is 24.3 Å². The highest BCUT2D eigenvalue weighted by Gasteiger charge is 2.06. The van der Waals surface area contributed by atoms with Crippen molar-refractivity contribution in [2.24, 2.45) is 0 Å². The van der Waals surface area contributed by atoms with Crippen molar-refractivity contribution in [1.82, 2.24) is 15.4 Å². The molecule has 3 aromatic rings. The van der Waals surface area contributed by atoms with Gasteiger partial charge in [-0.3, -0.25) is 4.79 Å². The average molecular weight is 294 g/mol. The number of benzene rings is 2. The largest absolute Gasteiger partial charge is 0.496 e. The molecule has 0 spiro atoms. The van der Waals surface area contributed by atoms with Gasteiger partial charge in [0, 0.05) is 11.6 Å². The monoisotopic (exact) mass is 294 g/mol. The van der Waals surface area contributed by atoms with Crippen LogP contribution in [-0.2, 0) is 4.79 Å². The summed E-state index contributed by atoms with van der Waals surface area (Å²) in [5, 5.41) is 13.3. The van der Waals surface area contributed by atoms with E-state index in [4.69, 9.17) is 4.74 Å². The Bertz CT molecular complexity index is 839. The maximum Gasteiger partial charge on any atom is 0.248 e. The fourth-order valence-electron chi connectivity index (χ4n) is 2.11. The topological polar surface area (TPSA) is 79.9 Å². The highest BCUT2D eigenvalue weighted by molar-refractivity contribution is 6.06. The average Bonchev–Trinajstić information content (AvgIpc) is 3.03. The number of H-pyrrole nitrogens is 1. The van der Waals surface area contributed by atoms with Crippen LogP contribution in [0.3, 0.4) is 0 Å². The summed E-state index contributed by atoms with van der Waals surface area (Å²) in [7, 11) is 1.60. The van der Waals surface area contributed by atoms with Gasteiger partial charge in [0.2, 0.25) is 5.91 Å². The molecule has 0 atom stereocenters. The van der Waals surface area contributed by atoms with Gasteiger partial charge in [-0.15, -0.1) is 0 Å². The quantitative estimate of drug-likeness (QED) is 0.725. The molecular weight excluding hydrogens is 280 g/mol. The van der Waals surface area contributed by atoms with Crippen molar-refractivity contribution in [1.29, 1.82) is 0 Å². The Morgan fingerprint density at radius 1 is 1.18 bits per heavy atom. The number of rotatable bonds is 4. The second-order valence-electron chi connectivity index (χ2n) is 4.56. The number of carbonyl (C=O) groups is 1. The molecule has 0 aliphatic carbocycles. The molecule has 0 aliphatic heterocycles. The van der Waals surface area contributed by atoms with Crippen LogP contribution in [0, 0.1) is 0 Å². The van der Waals surface area contributed by atoms with E-state index >= 15 is 0 Å². The summed E-state index contributed by atoms with van der Waals surface area (Å²) < 4.78 is 5.24. The van der Waals surface area contributed by atoms with Gasteiger partial charge in [-0.25, -0.2) is 0 Å². The maximum atomic E-state index is 12.1. The lowest BCUT2D eigenvalue weighted by Gasteiger charge is -2.04. The molecule has 2 aromatic carbocycles. The molecule has 0 unspecified atom stereocenters. The third-order valence-corrected chi connectivity index (χ3v) is 3.16. The van der Waals surface area contributed by atoms with Crippen molar-refractivity contribution in [3.63, 3.8) is 0 Å². The highest BCUT2D eigenvalue weighted by Crippen LogP contribution is 2.20. The molecule has 1 amide bonds. The van der Waals surface area contributed by atoms with Gasteiger partial charge in [0.05, 0.1) is 12.8 Å². The number of hydrogen-bond donors (Lipinski definition) is 2. The van der Waals surface area contributed by atoms with Crippen LogP contribution in [0.5, 0.6) is 5.75 Å². The number of nitrogens with one attached hydrogen (secondary N) is 2. The first kappa shape index (κ1) is 13.8. The van der Waals surface area contributed by atoms with E-state index in [-0.39, 0.29) is 5.91 Å². The molecule has 3 rings (SSSR count). The molecule has 6 heteroatoms. The molecule has 1 aromatic heterocycles. The Morgan fingerprint density at radius 3 is 2.91 bits per heavy atom. The molecule has 0 saturated carbocycles. The first-order valence-corrected chi connectivity index (χ1v) is 6.69. The number of aromatic amines is 1. The third kappa shape index (κ3) is 2.80. The summed E-state index contributed by atoms with van der Waals surface area (Å²) in [4.78, 5) is 12.1. The first-order valence-electron chi connectivity index (χ1n) is 6.69. The van der Waals surface area contributed by atoms with Crippen LogP contribution in [0.15, 0.2) is 48.5 Å². The predicted molar refractivity (Wildman–Crippen MR) is 84.5 cm³/mol. The number of methoxy groups -OCH3 is 1. The second kappa shape index (κ2) is 6.09. The number of amides is 1. The number of hydrogen-bond acceptors (Lipinski definition) is 4. The zero-order valence-electron chi connectivity index (χ0n) is 11.9. The number of aromatic nitrogens is 3. The fraction of sp³-hybridized carbons (Fsp3) is 0.0625. The molecule has 0 bridgehead atoms. The smallest absolute Gasteiger partial charge is 0.248 e. The minimum Gasteiger partial charge on any atom is -0.496 e. The van der Waals surface area contributed by atoms with E-state index in [0.717, 1.165) is 5.56 Å². The molecule has 110 valence electrons.